The highest BCUT2D eigenvalue weighted by Gasteiger charge is 2.33. The molecule has 0 aliphatic carbocycles. The normalized spacial score (nSPS) is 25.1. The first-order chi connectivity index (χ1) is 8.22. The molecule has 1 saturated heterocycles. The summed E-state index contributed by atoms with van der Waals surface area (Å²) >= 11 is 0. The molecule has 2 rings (SSSR count). The van der Waals surface area contributed by atoms with Gasteiger partial charge in [-0.3, -0.25) is 4.79 Å². The molecular weight excluding hydrogens is 218 g/mol. The molecular formula is C13H17NO3. The summed E-state index contributed by atoms with van der Waals surface area (Å²) in [5, 5.41) is 9.06. The number of nitrogens with zero attached hydrogens (tertiary/aromatic N) is 1. The summed E-state index contributed by atoms with van der Waals surface area (Å²) in [6.07, 6.45) is -0.699. The van der Waals surface area contributed by atoms with Crippen molar-refractivity contribution in [2.24, 2.45) is 0 Å². The fraction of sp³-hybridized carbons (Fsp3) is 0.462. The van der Waals surface area contributed by atoms with Crippen molar-refractivity contribution in [1.82, 2.24) is 4.90 Å². The smallest absolute Gasteiger partial charge is 0.254 e. The monoisotopic (exact) mass is 235 g/mol. The topological polar surface area (TPSA) is 49.8 Å². The maximum atomic E-state index is 12.0. The summed E-state index contributed by atoms with van der Waals surface area (Å²) in [5.74, 6) is -0.130. The van der Waals surface area contributed by atoms with Crippen LogP contribution in [-0.2, 0) is 16.1 Å². The van der Waals surface area contributed by atoms with Gasteiger partial charge in [0.05, 0.1) is 19.3 Å². The number of morpholine rings is 1. The first-order valence-electron chi connectivity index (χ1n) is 5.79. The van der Waals surface area contributed by atoms with Crippen molar-refractivity contribution in [3.63, 3.8) is 0 Å². The third kappa shape index (κ3) is 2.65. The van der Waals surface area contributed by atoms with Crippen LogP contribution in [0.5, 0.6) is 0 Å². The number of amides is 1. The molecule has 1 aromatic carbocycles. The van der Waals surface area contributed by atoms with Crippen molar-refractivity contribution in [1.29, 1.82) is 0 Å². The fourth-order valence-corrected chi connectivity index (χ4v) is 1.96. The van der Waals surface area contributed by atoms with Gasteiger partial charge >= 0.3 is 0 Å². The largest absolute Gasteiger partial charge is 0.393 e. The highest BCUT2D eigenvalue weighted by atomic mass is 16.5. The maximum Gasteiger partial charge on any atom is 0.254 e. The molecule has 92 valence electrons. The lowest BCUT2D eigenvalue weighted by atomic mass is 10.1. The highest BCUT2D eigenvalue weighted by molar-refractivity contribution is 5.82. The number of hydrogen-bond donors (Lipinski definition) is 1. The third-order valence-electron chi connectivity index (χ3n) is 2.99. The minimum atomic E-state index is -0.699. The van der Waals surface area contributed by atoms with Crippen molar-refractivity contribution < 1.29 is 14.6 Å². The average molecular weight is 235 g/mol. The maximum absolute atomic E-state index is 12.0. The molecule has 2 unspecified atom stereocenters. The Morgan fingerprint density at radius 3 is 2.76 bits per heavy atom. The standard InChI is InChI=1S/C13H17NO3/c1-10-9-17-12(8-15)13(16)14(10)7-11-5-3-2-4-6-11/h2-6,10,12,15H,7-9H2,1H3. The first-order valence-corrected chi connectivity index (χ1v) is 5.79. The molecule has 0 radical (unpaired) electrons. The van der Waals surface area contributed by atoms with E-state index in [-0.39, 0.29) is 18.6 Å². The Morgan fingerprint density at radius 2 is 2.12 bits per heavy atom. The van der Waals surface area contributed by atoms with E-state index in [0.717, 1.165) is 5.56 Å². The zero-order valence-electron chi connectivity index (χ0n) is 9.87. The van der Waals surface area contributed by atoms with Crippen LogP contribution in [0.4, 0.5) is 0 Å². The summed E-state index contributed by atoms with van der Waals surface area (Å²) in [6.45, 7) is 2.75. The molecule has 2 atom stereocenters. The van der Waals surface area contributed by atoms with Crippen molar-refractivity contribution in [3.8, 4) is 0 Å². The molecule has 1 aliphatic rings. The van der Waals surface area contributed by atoms with Crippen LogP contribution < -0.4 is 0 Å². The van der Waals surface area contributed by atoms with E-state index >= 15 is 0 Å². The molecule has 1 aromatic rings. The summed E-state index contributed by atoms with van der Waals surface area (Å²) in [4.78, 5) is 13.8. The van der Waals surface area contributed by atoms with E-state index in [2.05, 4.69) is 0 Å². The molecule has 4 heteroatoms. The molecule has 0 bridgehead atoms. The molecule has 17 heavy (non-hydrogen) atoms. The summed E-state index contributed by atoms with van der Waals surface area (Å²) in [7, 11) is 0. The van der Waals surface area contributed by atoms with Gasteiger partial charge in [0.2, 0.25) is 0 Å². The van der Waals surface area contributed by atoms with E-state index in [0.29, 0.717) is 13.2 Å². The van der Waals surface area contributed by atoms with Crippen LogP contribution in [0, 0.1) is 0 Å². The Kier molecular flexibility index (Phi) is 3.76. The molecule has 1 amide bonds. The second-order valence-corrected chi connectivity index (χ2v) is 4.31. The predicted molar refractivity (Wildman–Crippen MR) is 63.3 cm³/mol. The Morgan fingerprint density at radius 1 is 1.41 bits per heavy atom. The van der Waals surface area contributed by atoms with Crippen molar-refractivity contribution in [2.75, 3.05) is 13.2 Å². The Bertz CT molecular complexity index is 380. The number of aliphatic hydroxyl groups excluding tert-OH is 1. The van der Waals surface area contributed by atoms with Crippen LogP contribution in [0.15, 0.2) is 30.3 Å². The Balaban J connectivity index is 2.10. The second kappa shape index (κ2) is 5.29. The van der Waals surface area contributed by atoms with Gasteiger partial charge in [-0.1, -0.05) is 30.3 Å². The zero-order valence-corrected chi connectivity index (χ0v) is 9.87. The number of rotatable bonds is 3. The van der Waals surface area contributed by atoms with Crippen LogP contribution in [0.25, 0.3) is 0 Å². The van der Waals surface area contributed by atoms with Crippen LogP contribution in [-0.4, -0.2) is 41.3 Å². The van der Waals surface area contributed by atoms with Gasteiger partial charge in [-0.05, 0) is 12.5 Å². The van der Waals surface area contributed by atoms with Gasteiger partial charge in [0.1, 0.15) is 0 Å². The van der Waals surface area contributed by atoms with Gasteiger partial charge < -0.3 is 14.7 Å². The quantitative estimate of drug-likeness (QED) is 0.843. The minimum Gasteiger partial charge on any atom is -0.393 e. The Labute approximate surface area is 101 Å². The van der Waals surface area contributed by atoms with Gasteiger partial charge in [-0.25, -0.2) is 0 Å². The number of ether oxygens (including phenoxy) is 1. The van der Waals surface area contributed by atoms with Crippen LogP contribution in [0.2, 0.25) is 0 Å². The first kappa shape index (κ1) is 12.1. The molecule has 1 N–H and O–H groups in total. The van der Waals surface area contributed by atoms with Crippen molar-refractivity contribution in [3.05, 3.63) is 35.9 Å². The number of aliphatic hydroxyl groups is 1. The molecule has 0 spiro atoms. The van der Waals surface area contributed by atoms with Crippen LogP contribution in [0.3, 0.4) is 0 Å². The summed E-state index contributed by atoms with van der Waals surface area (Å²) in [5.41, 5.74) is 1.09. The second-order valence-electron chi connectivity index (χ2n) is 4.31. The van der Waals surface area contributed by atoms with E-state index in [1.54, 1.807) is 4.90 Å². The molecule has 1 heterocycles. The van der Waals surface area contributed by atoms with Crippen LogP contribution in [0.1, 0.15) is 12.5 Å². The SMILES string of the molecule is CC1COC(CO)C(=O)N1Cc1ccccc1. The number of benzene rings is 1. The molecule has 1 aliphatic heterocycles. The van der Waals surface area contributed by atoms with E-state index < -0.39 is 6.10 Å². The number of carbonyl (C=O) groups excluding carboxylic acids is 1. The predicted octanol–water partition coefficient (Wildman–Crippen LogP) is 0.795. The molecule has 1 fully saturated rings. The van der Waals surface area contributed by atoms with E-state index in [1.165, 1.54) is 0 Å². The average Bonchev–Trinajstić information content (AvgIpc) is 2.36. The Hall–Kier alpha value is -1.39. The number of carbonyl (C=O) groups is 1. The van der Waals surface area contributed by atoms with E-state index in [1.807, 2.05) is 37.3 Å². The minimum absolute atomic E-state index is 0.0468. The summed E-state index contributed by atoms with van der Waals surface area (Å²) in [6, 6.07) is 9.88. The van der Waals surface area contributed by atoms with Crippen molar-refractivity contribution in [2.45, 2.75) is 25.6 Å². The van der Waals surface area contributed by atoms with Crippen molar-refractivity contribution >= 4 is 5.91 Å². The van der Waals surface area contributed by atoms with Gasteiger partial charge in [0.25, 0.3) is 5.91 Å². The zero-order chi connectivity index (χ0) is 12.3. The molecule has 0 saturated carbocycles. The van der Waals surface area contributed by atoms with E-state index in [4.69, 9.17) is 9.84 Å². The fourth-order valence-electron chi connectivity index (χ4n) is 1.96. The van der Waals surface area contributed by atoms with Gasteiger partial charge in [-0.2, -0.15) is 0 Å². The number of hydrogen-bond acceptors (Lipinski definition) is 3. The lowest BCUT2D eigenvalue weighted by molar-refractivity contribution is -0.162. The van der Waals surface area contributed by atoms with Gasteiger partial charge in [0, 0.05) is 6.54 Å². The lowest BCUT2D eigenvalue weighted by Gasteiger charge is -2.37. The highest BCUT2D eigenvalue weighted by Crippen LogP contribution is 2.16. The van der Waals surface area contributed by atoms with Gasteiger partial charge in [-0.15, -0.1) is 0 Å². The van der Waals surface area contributed by atoms with E-state index in [9.17, 15) is 4.79 Å². The molecule has 4 nitrogen and oxygen atoms in total. The summed E-state index contributed by atoms with van der Waals surface area (Å²) < 4.78 is 5.28. The van der Waals surface area contributed by atoms with Gasteiger partial charge in [0.15, 0.2) is 6.10 Å². The lowest BCUT2D eigenvalue weighted by Crippen LogP contribution is -2.53. The molecule has 0 aromatic heterocycles. The van der Waals surface area contributed by atoms with Crippen LogP contribution >= 0.6 is 0 Å². The third-order valence-corrected chi connectivity index (χ3v) is 2.99.